The lowest BCUT2D eigenvalue weighted by molar-refractivity contribution is 0.102. The van der Waals surface area contributed by atoms with Crippen LogP contribution >= 0.6 is 15.9 Å². The van der Waals surface area contributed by atoms with Crippen LogP contribution in [0.4, 0.5) is 11.4 Å². The van der Waals surface area contributed by atoms with Gasteiger partial charge in [-0.3, -0.25) is 9.52 Å². The molecule has 1 amide bonds. The molecule has 174 valence electrons. The van der Waals surface area contributed by atoms with E-state index in [1.165, 1.54) is 12.1 Å². The standard InChI is InChI=1S/C25H27BrN2O4S/c1-2-3-4-8-17-32-24-16-11-19(26)18-23(24)25(29)27-20-12-14-22(15-13-20)33(30,31)28-21-9-6-5-7-10-21/h5-7,9-16,18,28H,2-4,8,17H2,1H3,(H,27,29). The van der Waals surface area contributed by atoms with Gasteiger partial charge in [0.1, 0.15) is 5.75 Å². The Balaban J connectivity index is 1.67. The zero-order valence-electron chi connectivity index (χ0n) is 18.4. The monoisotopic (exact) mass is 530 g/mol. The van der Waals surface area contributed by atoms with Crippen LogP contribution in [0, 0.1) is 0 Å². The molecular formula is C25H27BrN2O4S. The molecule has 33 heavy (non-hydrogen) atoms. The number of hydrogen-bond donors (Lipinski definition) is 2. The van der Waals surface area contributed by atoms with Gasteiger partial charge >= 0.3 is 0 Å². The van der Waals surface area contributed by atoms with Gasteiger partial charge in [0.15, 0.2) is 0 Å². The van der Waals surface area contributed by atoms with E-state index in [-0.39, 0.29) is 10.8 Å². The van der Waals surface area contributed by atoms with Gasteiger partial charge in [0.05, 0.1) is 17.1 Å². The smallest absolute Gasteiger partial charge is 0.261 e. The molecule has 3 aromatic carbocycles. The summed E-state index contributed by atoms with van der Waals surface area (Å²) in [4.78, 5) is 13.0. The maximum absolute atomic E-state index is 12.9. The van der Waals surface area contributed by atoms with E-state index in [0.717, 1.165) is 30.2 Å². The summed E-state index contributed by atoms with van der Waals surface area (Å²) in [5.74, 6) is 0.177. The predicted octanol–water partition coefficient (Wildman–Crippen LogP) is 6.46. The number of unbranched alkanes of at least 4 members (excludes halogenated alkanes) is 3. The predicted molar refractivity (Wildman–Crippen MR) is 135 cm³/mol. The normalized spacial score (nSPS) is 11.1. The quantitative estimate of drug-likeness (QED) is 0.278. The first kappa shape index (κ1) is 24.8. The van der Waals surface area contributed by atoms with Crippen molar-refractivity contribution in [2.24, 2.45) is 0 Å². The molecule has 0 spiro atoms. The first-order valence-corrected chi connectivity index (χ1v) is 13.1. The molecule has 0 unspecified atom stereocenters. The molecule has 2 N–H and O–H groups in total. The third-order valence-corrected chi connectivity index (χ3v) is 6.78. The minimum absolute atomic E-state index is 0.0999. The molecule has 3 rings (SSSR count). The Morgan fingerprint density at radius 3 is 2.33 bits per heavy atom. The fourth-order valence-electron chi connectivity index (χ4n) is 3.15. The summed E-state index contributed by atoms with van der Waals surface area (Å²) < 4.78 is 34.3. The number of ether oxygens (including phenoxy) is 1. The van der Waals surface area contributed by atoms with Gasteiger partial charge in [-0.1, -0.05) is 60.3 Å². The molecule has 8 heteroatoms. The minimum atomic E-state index is -3.73. The second kappa shape index (κ2) is 11.9. The first-order valence-electron chi connectivity index (χ1n) is 10.8. The van der Waals surface area contributed by atoms with Crippen molar-refractivity contribution in [3.05, 3.63) is 82.8 Å². The number of carbonyl (C=O) groups is 1. The summed E-state index contributed by atoms with van der Waals surface area (Å²) >= 11 is 3.40. The van der Waals surface area contributed by atoms with Crippen LogP contribution in [0.2, 0.25) is 0 Å². The third kappa shape index (κ3) is 7.33. The van der Waals surface area contributed by atoms with Crippen molar-refractivity contribution in [3.8, 4) is 5.75 Å². The fourth-order valence-corrected chi connectivity index (χ4v) is 4.57. The summed E-state index contributed by atoms with van der Waals surface area (Å²) in [6, 6.07) is 20.0. The highest BCUT2D eigenvalue weighted by atomic mass is 79.9. The lowest BCUT2D eigenvalue weighted by Crippen LogP contribution is -2.15. The van der Waals surface area contributed by atoms with Gasteiger partial charge in [-0.05, 0) is 61.0 Å². The van der Waals surface area contributed by atoms with Crippen LogP contribution in [0.5, 0.6) is 5.75 Å². The number of benzene rings is 3. The van der Waals surface area contributed by atoms with E-state index in [4.69, 9.17) is 4.74 Å². The van der Waals surface area contributed by atoms with Crippen LogP contribution < -0.4 is 14.8 Å². The van der Waals surface area contributed by atoms with E-state index in [9.17, 15) is 13.2 Å². The summed E-state index contributed by atoms with van der Waals surface area (Å²) in [6.45, 7) is 2.70. The Hall–Kier alpha value is -2.84. The molecule has 0 atom stereocenters. The van der Waals surface area contributed by atoms with E-state index < -0.39 is 10.0 Å². The van der Waals surface area contributed by atoms with Crippen LogP contribution in [-0.2, 0) is 10.0 Å². The maximum Gasteiger partial charge on any atom is 0.261 e. The molecule has 0 heterocycles. The number of amides is 1. The van der Waals surface area contributed by atoms with Crippen LogP contribution in [0.1, 0.15) is 43.0 Å². The van der Waals surface area contributed by atoms with Crippen LogP contribution in [0.25, 0.3) is 0 Å². The number of sulfonamides is 1. The minimum Gasteiger partial charge on any atom is -0.493 e. The SMILES string of the molecule is CCCCCCOc1ccc(Br)cc1C(=O)Nc1ccc(S(=O)(=O)Nc2ccccc2)cc1. The molecule has 0 radical (unpaired) electrons. The van der Waals surface area contributed by atoms with Gasteiger partial charge in [-0.25, -0.2) is 8.42 Å². The Labute approximate surface area is 203 Å². The Bertz CT molecular complexity index is 1170. The van der Waals surface area contributed by atoms with Crippen molar-refractivity contribution in [1.29, 1.82) is 0 Å². The van der Waals surface area contributed by atoms with Gasteiger partial charge in [0.2, 0.25) is 0 Å². The number of anilines is 2. The number of carbonyl (C=O) groups excluding carboxylic acids is 1. The summed E-state index contributed by atoms with van der Waals surface area (Å²) in [5, 5.41) is 2.81. The second-order valence-electron chi connectivity index (χ2n) is 7.50. The van der Waals surface area contributed by atoms with E-state index in [1.807, 2.05) is 12.1 Å². The van der Waals surface area contributed by atoms with Crippen LogP contribution in [0.3, 0.4) is 0 Å². The van der Waals surface area contributed by atoms with Crippen LogP contribution in [0.15, 0.2) is 82.2 Å². The molecule has 6 nitrogen and oxygen atoms in total. The molecule has 3 aromatic rings. The summed E-state index contributed by atoms with van der Waals surface area (Å²) in [5.41, 5.74) is 1.36. The highest BCUT2D eigenvalue weighted by Crippen LogP contribution is 2.25. The number of halogens is 1. The molecule has 0 bridgehead atoms. The fraction of sp³-hybridized carbons (Fsp3) is 0.240. The van der Waals surface area contributed by atoms with Gasteiger partial charge in [0, 0.05) is 15.8 Å². The third-order valence-electron chi connectivity index (χ3n) is 4.89. The van der Waals surface area contributed by atoms with Crippen molar-refractivity contribution < 1.29 is 17.9 Å². The Kier molecular flexibility index (Phi) is 8.91. The van der Waals surface area contributed by atoms with Crippen molar-refractivity contribution >= 4 is 43.2 Å². The van der Waals surface area contributed by atoms with Gasteiger partial charge < -0.3 is 10.1 Å². The Morgan fingerprint density at radius 1 is 0.909 bits per heavy atom. The zero-order valence-corrected chi connectivity index (χ0v) is 20.8. The highest BCUT2D eigenvalue weighted by Gasteiger charge is 2.16. The largest absolute Gasteiger partial charge is 0.493 e. The van der Waals surface area contributed by atoms with E-state index >= 15 is 0 Å². The maximum atomic E-state index is 12.9. The molecule has 0 fully saturated rings. The molecule has 0 aromatic heterocycles. The molecular weight excluding hydrogens is 504 g/mol. The summed E-state index contributed by atoms with van der Waals surface area (Å²) in [7, 11) is -3.73. The number of nitrogens with one attached hydrogen (secondary N) is 2. The Morgan fingerprint density at radius 2 is 1.64 bits per heavy atom. The van der Waals surface area contributed by atoms with Crippen molar-refractivity contribution in [1.82, 2.24) is 0 Å². The zero-order chi connectivity index (χ0) is 23.7. The lowest BCUT2D eigenvalue weighted by Gasteiger charge is -2.13. The van der Waals surface area contributed by atoms with Gasteiger partial charge in [-0.15, -0.1) is 0 Å². The van der Waals surface area contributed by atoms with Crippen molar-refractivity contribution in [2.45, 2.75) is 37.5 Å². The molecule has 0 aliphatic rings. The topological polar surface area (TPSA) is 84.5 Å². The van der Waals surface area contributed by atoms with Gasteiger partial charge in [0.25, 0.3) is 15.9 Å². The average Bonchev–Trinajstić information content (AvgIpc) is 2.80. The lowest BCUT2D eigenvalue weighted by atomic mass is 10.1. The molecule has 0 saturated carbocycles. The van der Waals surface area contributed by atoms with E-state index in [0.29, 0.717) is 29.3 Å². The average molecular weight is 531 g/mol. The molecule has 0 aliphatic heterocycles. The van der Waals surface area contributed by atoms with Crippen molar-refractivity contribution in [2.75, 3.05) is 16.6 Å². The second-order valence-corrected chi connectivity index (χ2v) is 10.1. The number of para-hydroxylation sites is 1. The number of rotatable bonds is 11. The van der Waals surface area contributed by atoms with Crippen LogP contribution in [-0.4, -0.2) is 20.9 Å². The highest BCUT2D eigenvalue weighted by molar-refractivity contribution is 9.10. The van der Waals surface area contributed by atoms with Crippen molar-refractivity contribution in [3.63, 3.8) is 0 Å². The molecule has 0 aliphatic carbocycles. The summed E-state index contributed by atoms with van der Waals surface area (Å²) in [6.07, 6.45) is 4.32. The first-order chi connectivity index (χ1) is 15.9. The van der Waals surface area contributed by atoms with Gasteiger partial charge in [-0.2, -0.15) is 0 Å². The van der Waals surface area contributed by atoms with E-state index in [1.54, 1.807) is 48.5 Å². The number of hydrogen-bond acceptors (Lipinski definition) is 4. The molecule has 0 saturated heterocycles. The van der Waals surface area contributed by atoms with E-state index in [2.05, 4.69) is 32.9 Å².